The summed E-state index contributed by atoms with van der Waals surface area (Å²) in [6.07, 6.45) is 5.95. The second kappa shape index (κ2) is 9.86. The van der Waals surface area contributed by atoms with Crippen LogP contribution in [0.3, 0.4) is 0 Å². The van der Waals surface area contributed by atoms with E-state index in [0.29, 0.717) is 29.9 Å². The SMILES string of the molecule is C/C=C(\C=NCC)c1ccnc(Oc2cc(NC(=O)C(=N)C=N)ccc2C)n1. The van der Waals surface area contributed by atoms with Crippen molar-refractivity contribution in [2.75, 3.05) is 11.9 Å². The Labute approximate surface area is 163 Å². The Balaban J connectivity index is 2.26. The van der Waals surface area contributed by atoms with Crippen molar-refractivity contribution in [3.05, 3.63) is 47.8 Å². The highest BCUT2D eigenvalue weighted by molar-refractivity contribution is 6.61. The topological polar surface area (TPSA) is 124 Å². The first-order valence-corrected chi connectivity index (χ1v) is 8.67. The van der Waals surface area contributed by atoms with Crippen molar-refractivity contribution in [3.8, 4) is 11.8 Å². The molecule has 0 spiro atoms. The number of anilines is 1. The Hall–Kier alpha value is -3.68. The third-order valence-electron chi connectivity index (χ3n) is 3.69. The van der Waals surface area contributed by atoms with Gasteiger partial charge in [0.1, 0.15) is 11.5 Å². The van der Waals surface area contributed by atoms with Gasteiger partial charge in [0.15, 0.2) is 0 Å². The fraction of sp³-hybridized carbons (Fsp3) is 0.200. The molecule has 1 aromatic heterocycles. The zero-order valence-corrected chi connectivity index (χ0v) is 16.0. The molecule has 0 unspecified atom stereocenters. The predicted molar refractivity (Wildman–Crippen MR) is 111 cm³/mol. The van der Waals surface area contributed by atoms with Gasteiger partial charge >= 0.3 is 6.01 Å². The van der Waals surface area contributed by atoms with E-state index in [2.05, 4.69) is 20.3 Å². The van der Waals surface area contributed by atoms with Crippen LogP contribution in [-0.2, 0) is 4.79 Å². The number of benzene rings is 1. The van der Waals surface area contributed by atoms with Gasteiger partial charge in [-0.2, -0.15) is 4.98 Å². The van der Waals surface area contributed by atoms with Gasteiger partial charge in [0.25, 0.3) is 5.91 Å². The highest BCUT2D eigenvalue weighted by Crippen LogP contribution is 2.26. The fourth-order valence-electron chi connectivity index (χ4n) is 2.18. The number of carbonyl (C=O) groups is 1. The van der Waals surface area contributed by atoms with Gasteiger partial charge in [-0.3, -0.25) is 15.2 Å². The van der Waals surface area contributed by atoms with Gasteiger partial charge in [0, 0.05) is 42.5 Å². The number of amides is 1. The number of aliphatic imine (C=N–C) groups is 1. The highest BCUT2D eigenvalue weighted by Gasteiger charge is 2.11. The molecule has 1 aromatic carbocycles. The van der Waals surface area contributed by atoms with E-state index >= 15 is 0 Å². The lowest BCUT2D eigenvalue weighted by atomic mass is 10.2. The number of nitrogens with one attached hydrogen (secondary N) is 3. The van der Waals surface area contributed by atoms with Gasteiger partial charge < -0.3 is 15.5 Å². The summed E-state index contributed by atoms with van der Waals surface area (Å²) in [7, 11) is 0. The number of nitrogens with zero attached hydrogens (tertiary/aromatic N) is 3. The maximum absolute atomic E-state index is 11.8. The van der Waals surface area contributed by atoms with Crippen molar-refractivity contribution < 1.29 is 9.53 Å². The summed E-state index contributed by atoms with van der Waals surface area (Å²) in [5.41, 5.74) is 2.38. The maximum atomic E-state index is 11.8. The zero-order valence-electron chi connectivity index (χ0n) is 16.0. The molecule has 0 aliphatic rings. The summed E-state index contributed by atoms with van der Waals surface area (Å²) in [4.78, 5) is 24.6. The second-order valence-corrected chi connectivity index (χ2v) is 5.69. The van der Waals surface area contributed by atoms with Gasteiger partial charge in [-0.15, -0.1) is 0 Å². The monoisotopic (exact) mass is 378 g/mol. The van der Waals surface area contributed by atoms with Crippen LogP contribution in [0.2, 0.25) is 0 Å². The average Bonchev–Trinajstić information content (AvgIpc) is 2.70. The van der Waals surface area contributed by atoms with Crippen molar-refractivity contribution in [1.29, 1.82) is 10.8 Å². The molecule has 3 N–H and O–H groups in total. The van der Waals surface area contributed by atoms with Crippen molar-refractivity contribution in [3.63, 3.8) is 0 Å². The lowest BCUT2D eigenvalue weighted by molar-refractivity contribution is -0.110. The molecule has 0 radical (unpaired) electrons. The number of allylic oxidation sites excluding steroid dienone is 2. The molecule has 28 heavy (non-hydrogen) atoms. The van der Waals surface area contributed by atoms with E-state index in [9.17, 15) is 4.79 Å². The Morgan fingerprint density at radius 1 is 1.36 bits per heavy atom. The molecule has 0 aliphatic carbocycles. The normalized spacial score (nSPS) is 11.3. The van der Waals surface area contributed by atoms with Gasteiger partial charge in [-0.1, -0.05) is 12.1 Å². The fourth-order valence-corrected chi connectivity index (χ4v) is 2.18. The number of hydrogen-bond donors (Lipinski definition) is 3. The summed E-state index contributed by atoms with van der Waals surface area (Å²) in [6.45, 7) is 6.40. The number of aryl methyl sites for hydroxylation is 1. The van der Waals surface area contributed by atoms with E-state index in [-0.39, 0.29) is 6.01 Å². The molecule has 8 nitrogen and oxygen atoms in total. The largest absolute Gasteiger partial charge is 0.424 e. The zero-order chi connectivity index (χ0) is 20.5. The number of ether oxygens (including phenoxy) is 1. The van der Waals surface area contributed by atoms with E-state index in [1.54, 1.807) is 36.7 Å². The Kier molecular flexibility index (Phi) is 7.27. The van der Waals surface area contributed by atoms with Crippen LogP contribution in [0.1, 0.15) is 25.1 Å². The molecule has 1 heterocycles. The first-order valence-electron chi connectivity index (χ1n) is 8.67. The van der Waals surface area contributed by atoms with E-state index in [1.807, 2.05) is 26.8 Å². The minimum Gasteiger partial charge on any atom is -0.424 e. The molecule has 0 saturated heterocycles. The average molecular weight is 378 g/mol. The Morgan fingerprint density at radius 3 is 2.82 bits per heavy atom. The van der Waals surface area contributed by atoms with Crippen LogP contribution in [-0.4, -0.2) is 40.6 Å². The Bertz CT molecular complexity index is 949. The molecular weight excluding hydrogens is 356 g/mol. The number of aromatic nitrogens is 2. The molecule has 0 saturated carbocycles. The Morgan fingerprint density at radius 2 is 2.14 bits per heavy atom. The van der Waals surface area contributed by atoms with Crippen molar-refractivity contribution in [2.24, 2.45) is 4.99 Å². The molecule has 144 valence electrons. The third-order valence-corrected chi connectivity index (χ3v) is 3.69. The minimum absolute atomic E-state index is 0.167. The molecule has 2 rings (SSSR count). The van der Waals surface area contributed by atoms with E-state index in [1.165, 1.54) is 0 Å². The van der Waals surface area contributed by atoms with Crippen LogP contribution < -0.4 is 10.1 Å². The second-order valence-electron chi connectivity index (χ2n) is 5.69. The van der Waals surface area contributed by atoms with Crippen LogP contribution in [0.25, 0.3) is 5.57 Å². The van der Waals surface area contributed by atoms with Gasteiger partial charge in [-0.05, 0) is 38.5 Å². The molecule has 0 atom stereocenters. The minimum atomic E-state index is -0.670. The van der Waals surface area contributed by atoms with E-state index in [0.717, 1.165) is 11.1 Å². The summed E-state index contributed by atoms with van der Waals surface area (Å²) in [5.74, 6) is -0.198. The molecule has 8 heteroatoms. The van der Waals surface area contributed by atoms with Crippen molar-refractivity contribution in [2.45, 2.75) is 20.8 Å². The van der Waals surface area contributed by atoms with Gasteiger partial charge in [0.2, 0.25) is 0 Å². The lowest BCUT2D eigenvalue weighted by Gasteiger charge is -2.11. The number of rotatable bonds is 8. The quantitative estimate of drug-likeness (QED) is 0.606. The van der Waals surface area contributed by atoms with Crippen molar-refractivity contribution >= 4 is 35.3 Å². The standard InChI is InChI=1S/C20H22N6O2/c1-4-14(12-23-5-2)17-8-9-24-20(26-17)28-18-10-15(7-6-13(18)3)25-19(27)16(22)11-21/h4,6-12,21-22H,5H2,1-3H3,(H,25,27)/b14-4+,21-11?,22-16?,23-12?. The molecule has 0 bridgehead atoms. The van der Waals surface area contributed by atoms with Crippen LogP contribution in [0, 0.1) is 17.7 Å². The van der Waals surface area contributed by atoms with Crippen molar-refractivity contribution in [1.82, 2.24) is 9.97 Å². The molecule has 2 aromatic rings. The summed E-state index contributed by atoms with van der Waals surface area (Å²) in [6, 6.07) is 7.02. The molecule has 0 fully saturated rings. The highest BCUT2D eigenvalue weighted by atomic mass is 16.5. The third kappa shape index (κ3) is 5.41. The van der Waals surface area contributed by atoms with Crippen LogP contribution in [0.5, 0.6) is 11.8 Å². The first-order chi connectivity index (χ1) is 13.5. The van der Waals surface area contributed by atoms with E-state index < -0.39 is 11.6 Å². The van der Waals surface area contributed by atoms with Gasteiger partial charge in [-0.25, -0.2) is 4.98 Å². The lowest BCUT2D eigenvalue weighted by Crippen LogP contribution is -2.22. The van der Waals surface area contributed by atoms with Crippen LogP contribution in [0.15, 0.2) is 41.5 Å². The molecular formula is C20H22N6O2. The molecule has 0 aliphatic heterocycles. The van der Waals surface area contributed by atoms with Gasteiger partial charge in [0.05, 0.1) is 5.69 Å². The maximum Gasteiger partial charge on any atom is 0.322 e. The smallest absolute Gasteiger partial charge is 0.322 e. The first kappa shape index (κ1) is 20.6. The predicted octanol–water partition coefficient (Wildman–Crippen LogP) is 3.68. The summed E-state index contributed by atoms with van der Waals surface area (Å²) in [5, 5.41) is 16.9. The summed E-state index contributed by atoms with van der Waals surface area (Å²) < 4.78 is 5.81. The summed E-state index contributed by atoms with van der Waals surface area (Å²) >= 11 is 0. The molecule has 1 amide bonds. The number of carbonyl (C=O) groups excluding carboxylic acids is 1. The van der Waals surface area contributed by atoms with Crippen LogP contribution in [0.4, 0.5) is 5.69 Å². The number of hydrogen-bond acceptors (Lipinski definition) is 7. The van der Waals surface area contributed by atoms with Crippen LogP contribution >= 0.6 is 0 Å². The van der Waals surface area contributed by atoms with E-state index in [4.69, 9.17) is 15.6 Å².